The van der Waals surface area contributed by atoms with Gasteiger partial charge < -0.3 is 9.90 Å². The van der Waals surface area contributed by atoms with Crippen LogP contribution in [-0.2, 0) is 4.79 Å². The summed E-state index contributed by atoms with van der Waals surface area (Å²) < 4.78 is 0. The number of hydrogen-bond acceptors (Lipinski definition) is 2. The molecule has 18 heavy (non-hydrogen) atoms. The quantitative estimate of drug-likeness (QED) is 0.650. The molecule has 0 spiro atoms. The van der Waals surface area contributed by atoms with Gasteiger partial charge in [0.2, 0.25) is 0 Å². The van der Waals surface area contributed by atoms with E-state index in [-0.39, 0.29) is 5.75 Å². The van der Waals surface area contributed by atoms with Crippen molar-refractivity contribution in [2.45, 2.75) is 25.2 Å². The molecule has 0 saturated heterocycles. The van der Waals surface area contributed by atoms with E-state index in [1.54, 1.807) is 12.1 Å². The van der Waals surface area contributed by atoms with Gasteiger partial charge in [-0.3, -0.25) is 0 Å². The smallest absolute Gasteiger partial charge is 0.120 e. The zero-order valence-electron chi connectivity index (χ0n) is 10.3. The summed E-state index contributed by atoms with van der Waals surface area (Å²) in [5.74, 6) is 2.56. The zero-order chi connectivity index (χ0) is 12.5. The molecule has 0 heterocycles. The lowest BCUT2D eigenvalue weighted by Gasteiger charge is -2.27. The first-order valence-electron chi connectivity index (χ1n) is 6.69. The van der Waals surface area contributed by atoms with Crippen LogP contribution >= 0.6 is 0 Å². The van der Waals surface area contributed by atoms with Gasteiger partial charge in [-0.05, 0) is 54.2 Å². The van der Waals surface area contributed by atoms with Crippen LogP contribution < -0.4 is 0 Å². The van der Waals surface area contributed by atoms with Crippen LogP contribution in [0.25, 0.3) is 0 Å². The van der Waals surface area contributed by atoms with Gasteiger partial charge in [0.15, 0.2) is 0 Å². The Kier molecular flexibility index (Phi) is 2.94. The number of carbonyl (C=O) groups is 1. The zero-order valence-corrected chi connectivity index (χ0v) is 10.3. The minimum Gasteiger partial charge on any atom is -0.508 e. The molecule has 4 atom stereocenters. The summed E-state index contributed by atoms with van der Waals surface area (Å²) in [5, 5.41) is 9.36. The molecule has 2 nitrogen and oxygen atoms in total. The highest BCUT2D eigenvalue weighted by molar-refractivity contribution is 5.52. The van der Waals surface area contributed by atoms with Gasteiger partial charge in [0, 0.05) is 6.42 Å². The number of benzene rings is 1. The fourth-order valence-corrected chi connectivity index (χ4v) is 3.67. The van der Waals surface area contributed by atoms with E-state index < -0.39 is 0 Å². The molecule has 0 aromatic heterocycles. The van der Waals surface area contributed by atoms with Crippen molar-refractivity contribution in [3.63, 3.8) is 0 Å². The predicted octanol–water partition coefficient (Wildman–Crippen LogP) is 3.28. The summed E-state index contributed by atoms with van der Waals surface area (Å²) in [7, 11) is 0. The number of hydrogen-bond donors (Lipinski definition) is 1. The second-order valence-corrected chi connectivity index (χ2v) is 5.54. The fourth-order valence-electron chi connectivity index (χ4n) is 3.67. The molecule has 2 bridgehead atoms. The van der Waals surface area contributed by atoms with Crippen LogP contribution in [-0.4, -0.2) is 11.4 Å². The Bertz CT molecular complexity index is 460. The maximum Gasteiger partial charge on any atom is 0.120 e. The highest BCUT2D eigenvalue weighted by atomic mass is 16.3. The number of aldehydes is 1. The van der Waals surface area contributed by atoms with Crippen molar-refractivity contribution in [2.24, 2.45) is 17.8 Å². The summed E-state index contributed by atoms with van der Waals surface area (Å²) in [6.45, 7) is 0. The number of allylic oxidation sites excluding steroid dienone is 2. The van der Waals surface area contributed by atoms with E-state index in [1.807, 2.05) is 12.1 Å². The Morgan fingerprint density at radius 2 is 2.00 bits per heavy atom. The van der Waals surface area contributed by atoms with Crippen LogP contribution in [0.5, 0.6) is 5.75 Å². The van der Waals surface area contributed by atoms with Crippen LogP contribution in [0.2, 0.25) is 0 Å². The Morgan fingerprint density at radius 1 is 1.22 bits per heavy atom. The molecule has 0 amide bonds. The molecular weight excluding hydrogens is 224 g/mol. The molecule has 0 aliphatic heterocycles. The van der Waals surface area contributed by atoms with E-state index in [9.17, 15) is 9.90 Å². The van der Waals surface area contributed by atoms with Gasteiger partial charge in [0.05, 0.1) is 0 Å². The van der Waals surface area contributed by atoms with Crippen molar-refractivity contribution >= 4 is 6.29 Å². The maximum atomic E-state index is 11.0. The molecule has 2 aliphatic rings. The second-order valence-electron chi connectivity index (χ2n) is 5.54. The summed E-state index contributed by atoms with van der Waals surface area (Å²) in [6.07, 6.45) is 8.76. The maximum absolute atomic E-state index is 11.0. The normalized spacial score (nSPS) is 30.6. The van der Waals surface area contributed by atoms with Gasteiger partial charge in [0.1, 0.15) is 12.0 Å². The van der Waals surface area contributed by atoms with Crippen molar-refractivity contribution in [3.8, 4) is 5.75 Å². The molecule has 1 aromatic rings. The largest absolute Gasteiger partial charge is 0.508 e. The highest BCUT2D eigenvalue weighted by Gasteiger charge is 2.40. The van der Waals surface area contributed by atoms with Crippen LogP contribution in [0.1, 0.15) is 30.7 Å². The Hall–Kier alpha value is -1.57. The van der Waals surface area contributed by atoms with Gasteiger partial charge >= 0.3 is 0 Å². The molecular formula is C16H18O2. The molecule has 1 saturated carbocycles. The van der Waals surface area contributed by atoms with Crippen molar-refractivity contribution < 1.29 is 9.90 Å². The summed E-state index contributed by atoms with van der Waals surface area (Å²) >= 11 is 0. The Morgan fingerprint density at radius 3 is 2.56 bits per heavy atom. The van der Waals surface area contributed by atoms with Crippen molar-refractivity contribution in [1.82, 2.24) is 0 Å². The minimum atomic E-state index is 0.288. The van der Waals surface area contributed by atoms with Crippen LogP contribution in [0.3, 0.4) is 0 Å². The SMILES string of the molecule is O=CCC(c1ccc(O)cc1)C1CC2C=CC1C2. The van der Waals surface area contributed by atoms with Crippen molar-refractivity contribution in [2.75, 3.05) is 0 Å². The molecule has 94 valence electrons. The monoisotopic (exact) mass is 242 g/mol. The first kappa shape index (κ1) is 11.5. The first-order chi connectivity index (χ1) is 8.78. The molecule has 2 aliphatic carbocycles. The Labute approximate surface area is 107 Å². The van der Waals surface area contributed by atoms with Crippen LogP contribution in [0.4, 0.5) is 0 Å². The number of aromatic hydroxyl groups is 1. The minimum absolute atomic E-state index is 0.288. The molecule has 1 fully saturated rings. The van der Waals surface area contributed by atoms with Crippen molar-refractivity contribution in [3.05, 3.63) is 42.0 Å². The molecule has 2 heteroatoms. The number of phenols is 1. The van der Waals surface area contributed by atoms with Gasteiger partial charge in [-0.2, -0.15) is 0 Å². The van der Waals surface area contributed by atoms with E-state index in [2.05, 4.69) is 12.2 Å². The lowest BCUT2D eigenvalue weighted by molar-refractivity contribution is -0.108. The van der Waals surface area contributed by atoms with E-state index in [0.29, 0.717) is 24.2 Å². The van der Waals surface area contributed by atoms with E-state index in [0.717, 1.165) is 12.2 Å². The van der Waals surface area contributed by atoms with E-state index in [4.69, 9.17) is 0 Å². The van der Waals surface area contributed by atoms with Gasteiger partial charge in [-0.25, -0.2) is 0 Å². The summed E-state index contributed by atoms with van der Waals surface area (Å²) in [6, 6.07) is 7.35. The first-order valence-corrected chi connectivity index (χ1v) is 6.69. The summed E-state index contributed by atoms with van der Waals surface area (Å²) in [5.41, 5.74) is 1.19. The summed E-state index contributed by atoms with van der Waals surface area (Å²) in [4.78, 5) is 11.0. The number of carbonyl (C=O) groups excluding carboxylic acids is 1. The molecule has 3 rings (SSSR count). The number of rotatable bonds is 4. The average Bonchev–Trinajstić information content (AvgIpc) is 2.99. The van der Waals surface area contributed by atoms with E-state index in [1.165, 1.54) is 18.4 Å². The third kappa shape index (κ3) is 1.96. The van der Waals surface area contributed by atoms with Crippen LogP contribution in [0, 0.1) is 17.8 Å². The number of fused-ring (bicyclic) bond motifs is 2. The van der Waals surface area contributed by atoms with E-state index >= 15 is 0 Å². The van der Waals surface area contributed by atoms with Crippen LogP contribution in [0.15, 0.2) is 36.4 Å². The van der Waals surface area contributed by atoms with Crippen molar-refractivity contribution in [1.29, 1.82) is 0 Å². The molecule has 1 N–H and O–H groups in total. The standard InChI is InChI=1S/C16H18O2/c17-8-7-15(12-3-5-14(18)6-4-12)16-10-11-1-2-13(16)9-11/h1-6,8,11,13,15-16,18H,7,9-10H2. The number of phenolic OH excluding ortho intramolecular Hbond substituents is 1. The third-order valence-corrected chi connectivity index (χ3v) is 4.52. The van der Waals surface area contributed by atoms with Gasteiger partial charge in [-0.1, -0.05) is 24.3 Å². The van der Waals surface area contributed by atoms with Gasteiger partial charge in [0.25, 0.3) is 0 Å². The average molecular weight is 242 g/mol. The predicted molar refractivity (Wildman–Crippen MR) is 70.4 cm³/mol. The third-order valence-electron chi connectivity index (χ3n) is 4.52. The fraction of sp³-hybridized carbons (Fsp3) is 0.438. The molecule has 1 aromatic carbocycles. The second kappa shape index (κ2) is 4.60. The topological polar surface area (TPSA) is 37.3 Å². The molecule has 0 radical (unpaired) electrons. The molecule has 4 unspecified atom stereocenters. The Balaban J connectivity index is 1.86. The highest BCUT2D eigenvalue weighted by Crippen LogP contribution is 2.50. The van der Waals surface area contributed by atoms with Gasteiger partial charge in [-0.15, -0.1) is 0 Å². The lowest BCUT2D eigenvalue weighted by atomic mass is 9.77. The lowest BCUT2D eigenvalue weighted by Crippen LogP contribution is -2.18.